The normalized spacial score (nSPS) is 9.41. The van der Waals surface area contributed by atoms with Crippen molar-refractivity contribution in [3.05, 3.63) is 34.9 Å². The first kappa shape index (κ1) is 13.1. The second kappa shape index (κ2) is 5.92. The number of hydrogen-bond acceptors (Lipinski definition) is 3. The molecule has 0 aliphatic carbocycles. The number of nitriles is 1. The molecule has 0 aliphatic rings. The summed E-state index contributed by atoms with van der Waals surface area (Å²) in [5.74, 6) is 0.492. The molecule has 1 aromatic rings. The van der Waals surface area contributed by atoms with E-state index in [9.17, 15) is 0 Å². The van der Waals surface area contributed by atoms with E-state index in [0.29, 0.717) is 11.3 Å². The summed E-state index contributed by atoms with van der Waals surface area (Å²) in [5, 5.41) is 16.3. The molecule has 0 amide bonds. The molecule has 0 radical (unpaired) electrons. The topological polar surface area (TPSA) is 112 Å². The predicted octanol–water partition coefficient (Wildman–Crippen LogP) is 1.31. The fourth-order valence-corrected chi connectivity index (χ4v) is 2.01. The molecule has 5 N–H and O–H groups in total. The number of thioether (sulfide) groups is 1. The third-order valence-corrected chi connectivity index (χ3v) is 2.89. The summed E-state index contributed by atoms with van der Waals surface area (Å²) in [5.41, 5.74) is 13.1. The van der Waals surface area contributed by atoms with Crippen LogP contribution in [0.2, 0.25) is 0 Å². The minimum Gasteiger partial charge on any atom is -0.370 e. The van der Waals surface area contributed by atoms with Gasteiger partial charge in [-0.15, -0.1) is 0 Å². The van der Waals surface area contributed by atoms with Gasteiger partial charge in [0.2, 0.25) is 0 Å². The van der Waals surface area contributed by atoms with Crippen LogP contribution in [-0.2, 0) is 5.75 Å². The van der Waals surface area contributed by atoms with Crippen LogP contribution < -0.4 is 11.5 Å². The molecular weight excluding hydrogens is 234 g/mol. The van der Waals surface area contributed by atoms with Crippen LogP contribution in [0.3, 0.4) is 0 Å². The SMILES string of the molecule is Cc1cc(C#N)ccc1CSC(=N)N=C(N)N. The Bertz CT molecular complexity index is 497. The summed E-state index contributed by atoms with van der Waals surface area (Å²) in [6.45, 7) is 1.93. The van der Waals surface area contributed by atoms with Crippen molar-refractivity contribution >= 4 is 22.9 Å². The van der Waals surface area contributed by atoms with Crippen molar-refractivity contribution in [1.29, 1.82) is 10.7 Å². The van der Waals surface area contributed by atoms with E-state index in [1.807, 2.05) is 19.1 Å². The van der Waals surface area contributed by atoms with Crippen LogP contribution in [-0.4, -0.2) is 11.1 Å². The Morgan fingerprint density at radius 3 is 2.76 bits per heavy atom. The molecule has 0 atom stereocenters. The van der Waals surface area contributed by atoms with Gasteiger partial charge in [0, 0.05) is 5.75 Å². The fraction of sp³-hybridized carbons (Fsp3) is 0.182. The Morgan fingerprint density at radius 2 is 2.24 bits per heavy atom. The van der Waals surface area contributed by atoms with Crippen LogP contribution in [0.1, 0.15) is 16.7 Å². The van der Waals surface area contributed by atoms with E-state index in [4.69, 9.17) is 22.1 Å². The fourth-order valence-electron chi connectivity index (χ4n) is 1.22. The zero-order valence-corrected chi connectivity index (χ0v) is 10.2. The number of rotatable bonds is 2. The Labute approximate surface area is 104 Å². The number of nitrogens with two attached hydrogens (primary N) is 2. The molecule has 0 bridgehead atoms. The molecule has 0 unspecified atom stereocenters. The molecule has 0 saturated carbocycles. The van der Waals surface area contributed by atoms with E-state index in [-0.39, 0.29) is 11.1 Å². The minimum absolute atomic E-state index is 0.0776. The van der Waals surface area contributed by atoms with E-state index in [1.54, 1.807) is 6.07 Å². The first-order valence-electron chi connectivity index (χ1n) is 4.83. The number of nitrogens with one attached hydrogen (secondary N) is 1. The highest BCUT2D eigenvalue weighted by molar-refractivity contribution is 8.13. The Balaban J connectivity index is 2.68. The van der Waals surface area contributed by atoms with Gasteiger partial charge in [-0.2, -0.15) is 10.3 Å². The highest BCUT2D eigenvalue weighted by atomic mass is 32.2. The second-order valence-corrected chi connectivity index (χ2v) is 4.35. The maximum Gasteiger partial charge on any atom is 0.193 e. The van der Waals surface area contributed by atoms with E-state index >= 15 is 0 Å². The first-order valence-corrected chi connectivity index (χ1v) is 5.82. The zero-order valence-electron chi connectivity index (χ0n) is 9.40. The molecule has 17 heavy (non-hydrogen) atoms. The molecule has 1 rings (SSSR count). The third kappa shape index (κ3) is 4.17. The molecule has 0 heterocycles. The Morgan fingerprint density at radius 1 is 1.53 bits per heavy atom. The molecule has 5 nitrogen and oxygen atoms in total. The van der Waals surface area contributed by atoms with Crippen LogP contribution in [0.5, 0.6) is 0 Å². The molecule has 0 aliphatic heterocycles. The van der Waals surface area contributed by atoms with Crippen molar-refractivity contribution in [2.45, 2.75) is 12.7 Å². The van der Waals surface area contributed by atoms with Gasteiger partial charge in [0.25, 0.3) is 0 Å². The third-order valence-electron chi connectivity index (χ3n) is 2.07. The lowest BCUT2D eigenvalue weighted by atomic mass is 10.1. The van der Waals surface area contributed by atoms with Gasteiger partial charge in [-0.05, 0) is 30.2 Å². The molecule has 0 saturated heterocycles. The molecule has 0 aromatic heterocycles. The van der Waals surface area contributed by atoms with Crippen LogP contribution >= 0.6 is 11.8 Å². The highest BCUT2D eigenvalue weighted by Crippen LogP contribution is 2.18. The number of hydrogen-bond donors (Lipinski definition) is 3. The van der Waals surface area contributed by atoms with E-state index in [0.717, 1.165) is 11.1 Å². The van der Waals surface area contributed by atoms with Gasteiger partial charge in [0.05, 0.1) is 11.6 Å². The molecule has 88 valence electrons. The van der Waals surface area contributed by atoms with Crippen molar-refractivity contribution < 1.29 is 0 Å². The van der Waals surface area contributed by atoms with Crippen LogP contribution in [0.4, 0.5) is 0 Å². The van der Waals surface area contributed by atoms with Crippen molar-refractivity contribution in [3.63, 3.8) is 0 Å². The number of aliphatic imine (C=N–C) groups is 1. The van der Waals surface area contributed by atoms with E-state index in [2.05, 4.69) is 11.1 Å². The summed E-state index contributed by atoms with van der Waals surface area (Å²) < 4.78 is 0. The van der Waals surface area contributed by atoms with Gasteiger partial charge in [0.1, 0.15) is 0 Å². The maximum atomic E-state index is 8.74. The summed E-state index contributed by atoms with van der Waals surface area (Å²) in [6.07, 6.45) is 0. The molecule has 1 aromatic carbocycles. The van der Waals surface area contributed by atoms with Crippen molar-refractivity contribution in [2.24, 2.45) is 16.5 Å². The summed E-state index contributed by atoms with van der Waals surface area (Å²) in [4.78, 5) is 3.62. The maximum absolute atomic E-state index is 8.74. The second-order valence-electron chi connectivity index (χ2n) is 3.38. The summed E-state index contributed by atoms with van der Waals surface area (Å²) >= 11 is 1.24. The lowest BCUT2D eigenvalue weighted by Crippen LogP contribution is -2.23. The number of amidine groups is 1. The molecular formula is C11H13N5S. The van der Waals surface area contributed by atoms with Gasteiger partial charge in [-0.3, -0.25) is 5.41 Å². The van der Waals surface area contributed by atoms with Gasteiger partial charge in [0.15, 0.2) is 11.1 Å². The number of nitrogens with zero attached hydrogens (tertiary/aromatic N) is 2. The zero-order chi connectivity index (χ0) is 12.8. The van der Waals surface area contributed by atoms with E-state index < -0.39 is 0 Å². The molecule has 6 heteroatoms. The average molecular weight is 247 g/mol. The average Bonchev–Trinajstić information content (AvgIpc) is 2.26. The smallest absolute Gasteiger partial charge is 0.193 e. The lowest BCUT2D eigenvalue weighted by molar-refractivity contribution is 1.30. The van der Waals surface area contributed by atoms with Crippen molar-refractivity contribution in [3.8, 4) is 6.07 Å². The van der Waals surface area contributed by atoms with Gasteiger partial charge >= 0.3 is 0 Å². The first-order chi connectivity index (χ1) is 8.02. The van der Waals surface area contributed by atoms with Crippen LogP contribution in [0, 0.1) is 23.7 Å². The summed E-state index contributed by atoms with van der Waals surface area (Å²) in [6, 6.07) is 7.54. The summed E-state index contributed by atoms with van der Waals surface area (Å²) in [7, 11) is 0. The minimum atomic E-state index is -0.112. The quantitative estimate of drug-likeness (QED) is 0.540. The standard InChI is InChI=1S/C11H13N5S/c1-7-4-8(5-12)2-3-9(7)6-17-11(15)16-10(13)14/h2-4H,6H2,1H3,(H5,13,14,15,16). The molecule has 0 fully saturated rings. The predicted molar refractivity (Wildman–Crippen MR) is 70.7 cm³/mol. The van der Waals surface area contributed by atoms with Crippen molar-refractivity contribution in [2.75, 3.05) is 0 Å². The van der Waals surface area contributed by atoms with E-state index in [1.165, 1.54) is 11.8 Å². The lowest BCUT2D eigenvalue weighted by Gasteiger charge is -2.04. The monoisotopic (exact) mass is 247 g/mol. The highest BCUT2D eigenvalue weighted by Gasteiger charge is 2.02. The Kier molecular flexibility index (Phi) is 4.55. The Hall–Kier alpha value is -2.00. The van der Waals surface area contributed by atoms with Gasteiger partial charge in [-0.25, -0.2) is 0 Å². The van der Waals surface area contributed by atoms with Gasteiger partial charge < -0.3 is 11.5 Å². The van der Waals surface area contributed by atoms with Gasteiger partial charge in [-0.1, -0.05) is 17.8 Å². The number of benzene rings is 1. The number of aryl methyl sites for hydroxylation is 1. The molecule has 0 spiro atoms. The van der Waals surface area contributed by atoms with Crippen LogP contribution in [0.25, 0.3) is 0 Å². The van der Waals surface area contributed by atoms with Crippen molar-refractivity contribution in [1.82, 2.24) is 0 Å². The largest absolute Gasteiger partial charge is 0.370 e. The number of guanidine groups is 1. The van der Waals surface area contributed by atoms with Crippen LogP contribution in [0.15, 0.2) is 23.2 Å².